The number of nitrogens with zero attached hydrogens (tertiary/aromatic N) is 5. The van der Waals surface area contributed by atoms with Gasteiger partial charge >= 0.3 is 0 Å². The van der Waals surface area contributed by atoms with E-state index in [9.17, 15) is 0 Å². The third-order valence-electron chi connectivity index (χ3n) is 4.19. The fourth-order valence-electron chi connectivity index (χ4n) is 2.83. The maximum atomic E-state index is 5.42. The van der Waals surface area contributed by atoms with Gasteiger partial charge in [0.2, 0.25) is 0 Å². The highest BCUT2D eigenvalue weighted by atomic mass is 16.5. The molecule has 8 heteroatoms. The van der Waals surface area contributed by atoms with Crippen molar-refractivity contribution in [3.05, 3.63) is 54.5 Å². The fourth-order valence-corrected chi connectivity index (χ4v) is 2.83. The summed E-state index contributed by atoms with van der Waals surface area (Å²) < 4.78 is 12.2. The van der Waals surface area contributed by atoms with Gasteiger partial charge in [0.1, 0.15) is 5.82 Å². The van der Waals surface area contributed by atoms with Gasteiger partial charge in [0, 0.05) is 38.9 Å². The van der Waals surface area contributed by atoms with Gasteiger partial charge in [-0.25, -0.2) is 0 Å². The lowest BCUT2D eigenvalue weighted by Crippen LogP contribution is -2.35. The zero-order valence-corrected chi connectivity index (χ0v) is 15.7. The third-order valence-corrected chi connectivity index (χ3v) is 4.19. The Bertz CT molecular complexity index is 808. The largest absolute Gasteiger partial charge is 0.383 e. The van der Waals surface area contributed by atoms with Crippen LogP contribution in [0.1, 0.15) is 5.82 Å². The Labute approximate surface area is 159 Å². The number of hydrogen-bond donors (Lipinski definition) is 1. The maximum Gasteiger partial charge on any atom is 0.178 e. The Morgan fingerprint density at radius 1 is 1.33 bits per heavy atom. The van der Waals surface area contributed by atoms with Crippen molar-refractivity contribution >= 4 is 11.5 Å². The molecule has 0 radical (unpaired) electrons. The molecule has 1 fully saturated rings. The predicted molar refractivity (Wildman–Crippen MR) is 105 cm³/mol. The number of fused-ring (bicyclic) bond motifs is 1. The first-order valence-electron chi connectivity index (χ1n) is 9.08. The van der Waals surface area contributed by atoms with E-state index in [4.69, 9.17) is 9.47 Å². The Hall–Kier alpha value is -2.71. The highest BCUT2D eigenvalue weighted by Crippen LogP contribution is 2.11. The standard InChI is InChI=1S/C19H26N6O2/c1-3-5-16(24-11-14-27-15-12-24)6-4-7-18-21-22-19-9-8-17(23-25(18)19)20-10-13-26-2/h3-6,8-9H,1,7,10-15H2,2H3,(H,20,23)/b6-4-,16-5+. The van der Waals surface area contributed by atoms with Crippen LogP contribution in [0.4, 0.5) is 5.82 Å². The molecule has 0 bridgehead atoms. The second kappa shape index (κ2) is 9.84. The summed E-state index contributed by atoms with van der Waals surface area (Å²) in [6.45, 7) is 8.40. The Kier molecular flexibility index (Phi) is 6.95. The third kappa shape index (κ3) is 5.15. The molecule has 0 spiro atoms. The van der Waals surface area contributed by atoms with E-state index >= 15 is 0 Å². The molecule has 1 aliphatic heterocycles. The summed E-state index contributed by atoms with van der Waals surface area (Å²) in [5, 5.41) is 16.2. The number of ether oxygens (including phenoxy) is 2. The minimum Gasteiger partial charge on any atom is -0.383 e. The van der Waals surface area contributed by atoms with Gasteiger partial charge in [-0.2, -0.15) is 4.52 Å². The number of hydrogen-bond acceptors (Lipinski definition) is 7. The second-order valence-electron chi connectivity index (χ2n) is 6.06. The molecule has 1 saturated heterocycles. The molecule has 0 saturated carbocycles. The molecule has 2 aromatic rings. The molecule has 0 atom stereocenters. The number of nitrogens with one attached hydrogen (secondary N) is 1. The van der Waals surface area contributed by atoms with Crippen LogP contribution in [0.3, 0.4) is 0 Å². The first-order valence-corrected chi connectivity index (χ1v) is 9.08. The number of morpholine rings is 1. The molecule has 0 unspecified atom stereocenters. The molecule has 2 aromatic heterocycles. The van der Waals surface area contributed by atoms with Crippen molar-refractivity contribution in [1.82, 2.24) is 24.7 Å². The molecule has 3 heterocycles. The van der Waals surface area contributed by atoms with Crippen molar-refractivity contribution in [2.75, 3.05) is 51.9 Å². The number of aromatic nitrogens is 4. The van der Waals surface area contributed by atoms with Gasteiger partial charge in [0.05, 0.1) is 19.8 Å². The van der Waals surface area contributed by atoms with Crippen molar-refractivity contribution in [2.45, 2.75) is 6.42 Å². The molecule has 0 amide bonds. The van der Waals surface area contributed by atoms with E-state index in [0.717, 1.165) is 49.3 Å². The molecular formula is C19H26N6O2. The molecule has 0 aromatic carbocycles. The first-order chi connectivity index (χ1) is 13.3. The second-order valence-corrected chi connectivity index (χ2v) is 6.06. The quantitative estimate of drug-likeness (QED) is 0.532. The molecule has 144 valence electrons. The van der Waals surface area contributed by atoms with E-state index in [0.29, 0.717) is 19.6 Å². The normalized spacial score (nSPS) is 15.6. The molecular weight excluding hydrogens is 344 g/mol. The number of rotatable bonds is 9. The average molecular weight is 370 g/mol. The predicted octanol–water partition coefficient (Wildman–Crippen LogP) is 1.68. The van der Waals surface area contributed by atoms with Crippen LogP contribution in [0, 0.1) is 0 Å². The van der Waals surface area contributed by atoms with Crippen LogP contribution in [0.2, 0.25) is 0 Å². The van der Waals surface area contributed by atoms with Gasteiger partial charge < -0.3 is 19.7 Å². The lowest BCUT2D eigenvalue weighted by Gasteiger charge is -2.29. The van der Waals surface area contributed by atoms with Crippen LogP contribution in [-0.2, 0) is 15.9 Å². The zero-order valence-electron chi connectivity index (χ0n) is 15.7. The minimum absolute atomic E-state index is 0.622. The van der Waals surface area contributed by atoms with Gasteiger partial charge in [-0.15, -0.1) is 15.3 Å². The summed E-state index contributed by atoms with van der Waals surface area (Å²) in [6.07, 6.45) is 8.62. The summed E-state index contributed by atoms with van der Waals surface area (Å²) in [4.78, 5) is 2.29. The highest BCUT2D eigenvalue weighted by molar-refractivity contribution is 5.44. The van der Waals surface area contributed by atoms with Crippen LogP contribution >= 0.6 is 0 Å². The van der Waals surface area contributed by atoms with Crippen LogP contribution in [0.25, 0.3) is 5.65 Å². The van der Waals surface area contributed by atoms with Crippen molar-refractivity contribution in [3.63, 3.8) is 0 Å². The van der Waals surface area contributed by atoms with E-state index in [1.54, 1.807) is 17.7 Å². The molecule has 1 aliphatic rings. The van der Waals surface area contributed by atoms with Gasteiger partial charge in [0.15, 0.2) is 11.5 Å². The molecule has 8 nitrogen and oxygen atoms in total. The first kappa shape index (κ1) is 19.1. The van der Waals surface area contributed by atoms with E-state index in [1.165, 1.54) is 0 Å². The Balaban J connectivity index is 1.69. The Morgan fingerprint density at radius 3 is 2.96 bits per heavy atom. The van der Waals surface area contributed by atoms with E-state index in [1.807, 2.05) is 18.2 Å². The van der Waals surface area contributed by atoms with Crippen LogP contribution in [0.15, 0.2) is 48.7 Å². The topological polar surface area (TPSA) is 76.8 Å². The molecule has 3 rings (SSSR count). The van der Waals surface area contributed by atoms with Gasteiger partial charge in [-0.1, -0.05) is 18.7 Å². The van der Waals surface area contributed by atoms with E-state index in [-0.39, 0.29) is 0 Å². The van der Waals surface area contributed by atoms with Crippen molar-refractivity contribution in [2.24, 2.45) is 0 Å². The van der Waals surface area contributed by atoms with Gasteiger partial charge in [0.25, 0.3) is 0 Å². The maximum absolute atomic E-state index is 5.42. The Morgan fingerprint density at radius 2 is 2.19 bits per heavy atom. The number of allylic oxidation sites excluding steroid dienone is 4. The summed E-state index contributed by atoms with van der Waals surface area (Å²) in [7, 11) is 1.68. The van der Waals surface area contributed by atoms with Crippen molar-refractivity contribution in [3.8, 4) is 0 Å². The SMILES string of the molecule is C=C/C=C(\C=C/Cc1nnc2ccc(NCCOC)nn12)N1CCOCC1. The van der Waals surface area contributed by atoms with Crippen LogP contribution < -0.4 is 5.32 Å². The summed E-state index contributed by atoms with van der Waals surface area (Å²) in [5.41, 5.74) is 1.85. The molecule has 27 heavy (non-hydrogen) atoms. The summed E-state index contributed by atoms with van der Waals surface area (Å²) >= 11 is 0. The van der Waals surface area contributed by atoms with Crippen molar-refractivity contribution < 1.29 is 9.47 Å². The van der Waals surface area contributed by atoms with Crippen LogP contribution in [-0.4, -0.2) is 71.3 Å². The monoisotopic (exact) mass is 370 g/mol. The lowest BCUT2D eigenvalue weighted by molar-refractivity contribution is 0.0554. The van der Waals surface area contributed by atoms with Gasteiger partial charge in [-0.05, 0) is 24.3 Å². The van der Waals surface area contributed by atoms with E-state index < -0.39 is 0 Å². The van der Waals surface area contributed by atoms with Crippen molar-refractivity contribution in [1.29, 1.82) is 0 Å². The summed E-state index contributed by atoms with van der Waals surface area (Å²) in [5.74, 6) is 1.56. The smallest absolute Gasteiger partial charge is 0.178 e. The van der Waals surface area contributed by atoms with E-state index in [2.05, 4.69) is 44.2 Å². The number of methoxy groups -OCH3 is 1. The lowest BCUT2D eigenvalue weighted by atomic mass is 10.2. The summed E-state index contributed by atoms with van der Waals surface area (Å²) in [6, 6.07) is 3.79. The highest BCUT2D eigenvalue weighted by Gasteiger charge is 2.11. The number of anilines is 1. The minimum atomic E-state index is 0.622. The molecule has 0 aliphatic carbocycles. The van der Waals surface area contributed by atoms with Crippen LogP contribution in [0.5, 0.6) is 0 Å². The van der Waals surface area contributed by atoms with Gasteiger partial charge in [-0.3, -0.25) is 0 Å². The average Bonchev–Trinajstić information content (AvgIpc) is 3.10. The molecule has 1 N–H and O–H groups in total. The zero-order chi connectivity index (χ0) is 18.9. The fraction of sp³-hybridized carbons (Fsp3) is 0.421.